The van der Waals surface area contributed by atoms with Crippen LogP contribution >= 0.6 is 11.8 Å². The van der Waals surface area contributed by atoms with E-state index in [0.717, 1.165) is 16.8 Å². The second kappa shape index (κ2) is 7.94. The molecular weight excluding hydrogens is 274 g/mol. The van der Waals surface area contributed by atoms with Crippen molar-refractivity contribution < 1.29 is 14.3 Å². The zero-order valence-corrected chi connectivity index (χ0v) is 13.2. The average molecular weight is 295 g/mol. The first-order chi connectivity index (χ1) is 9.43. The third-order valence-electron chi connectivity index (χ3n) is 2.93. The average Bonchev–Trinajstić information content (AvgIpc) is 2.40. The summed E-state index contributed by atoms with van der Waals surface area (Å²) < 4.78 is 4.60. The quantitative estimate of drug-likeness (QED) is 0.820. The van der Waals surface area contributed by atoms with Gasteiger partial charge in [0.05, 0.1) is 19.3 Å². The Bertz CT molecular complexity index is 468. The van der Waals surface area contributed by atoms with Gasteiger partial charge in [-0.1, -0.05) is 25.1 Å². The minimum Gasteiger partial charge on any atom is -0.469 e. The third kappa shape index (κ3) is 5.25. The lowest BCUT2D eigenvalue weighted by molar-refractivity contribution is -0.140. The molecule has 0 radical (unpaired) electrons. The highest BCUT2D eigenvalue weighted by Crippen LogP contribution is 2.20. The van der Waals surface area contributed by atoms with Gasteiger partial charge in [-0.25, -0.2) is 0 Å². The number of amides is 1. The number of thioether (sulfide) groups is 1. The molecule has 1 atom stereocenters. The number of anilines is 1. The first kappa shape index (κ1) is 16.6. The van der Waals surface area contributed by atoms with Crippen molar-refractivity contribution in [2.75, 3.05) is 18.2 Å². The summed E-state index contributed by atoms with van der Waals surface area (Å²) >= 11 is 1.45. The van der Waals surface area contributed by atoms with Crippen LogP contribution in [0.4, 0.5) is 5.69 Å². The molecule has 20 heavy (non-hydrogen) atoms. The molecule has 0 bridgehead atoms. The van der Waals surface area contributed by atoms with Crippen molar-refractivity contribution in [3.63, 3.8) is 0 Å². The van der Waals surface area contributed by atoms with Gasteiger partial charge in [0, 0.05) is 10.9 Å². The first-order valence-corrected chi connectivity index (χ1v) is 7.53. The number of carbonyl (C=O) groups excluding carboxylic acids is 2. The van der Waals surface area contributed by atoms with Crippen LogP contribution in [0.2, 0.25) is 0 Å². The summed E-state index contributed by atoms with van der Waals surface area (Å²) in [6.45, 7) is 5.85. The second-order valence-corrected chi connectivity index (χ2v) is 6.14. The van der Waals surface area contributed by atoms with Gasteiger partial charge in [0.15, 0.2) is 0 Å². The van der Waals surface area contributed by atoms with E-state index in [1.807, 2.05) is 39.0 Å². The fourth-order valence-corrected chi connectivity index (χ4v) is 2.54. The van der Waals surface area contributed by atoms with Crippen molar-refractivity contribution in [3.8, 4) is 0 Å². The largest absolute Gasteiger partial charge is 0.469 e. The molecule has 0 saturated carbocycles. The summed E-state index contributed by atoms with van der Waals surface area (Å²) in [5, 5.41) is 2.99. The molecule has 1 amide bonds. The number of aryl methyl sites for hydroxylation is 2. The van der Waals surface area contributed by atoms with Crippen molar-refractivity contribution in [2.24, 2.45) is 0 Å². The third-order valence-corrected chi connectivity index (χ3v) is 4.09. The molecule has 110 valence electrons. The van der Waals surface area contributed by atoms with E-state index in [-0.39, 0.29) is 17.1 Å². The van der Waals surface area contributed by atoms with Gasteiger partial charge in [-0.3, -0.25) is 9.59 Å². The van der Waals surface area contributed by atoms with Crippen LogP contribution in [-0.4, -0.2) is 30.0 Å². The molecule has 0 heterocycles. The van der Waals surface area contributed by atoms with Gasteiger partial charge in [-0.2, -0.15) is 0 Å². The molecule has 0 fully saturated rings. The number of carbonyl (C=O) groups is 2. The minimum absolute atomic E-state index is 0.0517. The normalized spacial score (nSPS) is 11.8. The van der Waals surface area contributed by atoms with Crippen LogP contribution in [0.15, 0.2) is 18.2 Å². The van der Waals surface area contributed by atoms with Crippen molar-refractivity contribution in [1.82, 2.24) is 0 Å². The van der Waals surface area contributed by atoms with E-state index in [1.54, 1.807) is 0 Å². The Morgan fingerprint density at radius 1 is 1.30 bits per heavy atom. The number of ether oxygens (including phenoxy) is 1. The van der Waals surface area contributed by atoms with Gasteiger partial charge < -0.3 is 10.1 Å². The zero-order valence-electron chi connectivity index (χ0n) is 12.4. The van der Waals surface area contributed by atoms with Crippen LogP contribution in [0.3, 0.4) is 0 Å². The van der Waals surface area contributed by atoms with Crippen molar-refractivity contribution in [2.45, 2.75) is 32.4 Å². The van der Waals surface area contributed by atoms with E-state index in [2.05, 4.69) is 10.1 Å². The predicted octanol–water partition coefficient (Wildman–Crippen LogP) is 2.93. The van der Waals surface area contributed by atoms with Crippen molar-refractivity contribution in [1.29, 1.82) is 0 Å². The predicted molar refractivity (Wildman–Crippen MR) is 83.1 cm³/mol. The summed E-state index contributed by atoms with van der Waals surface area (Å²) in [4.78, 5) is 23.0. The lowest BCUT2D eigenvalue weighted by Gasteiger charge is -2.13. The van der Waals surface area contributed by atoms with Gasteiger partial charge >= 0.3 is 5.97 Å². The summed E-state index contributed by atoms with van der Waals surface area (Å²) in [6, 6.07) is 5.90. The lowest BCUT2D eigenvalue weighted by Crippen LogP contribution is -2.18. The van der Waals surface area contributed by atoms with Crippen molar-refractivity contribution >= 4 is 29.3 Å². The van der Waals surface area contributed by atoms with Crippen LogP contribution in [0.5, 0.6) is 0 Å². The summed E-state index contributed by atoms with van der Waals surface area (Å²) in [5.74, 6) is 0.0237. The van der Waals surface area contributed by atoms with E-state index in [4.69, 9.17) is 0 Å². The highest BCUT2D eigenvalue weighted by molar-refractivity contribution is 8.00. The zero-order chi connectivity index (χ0) is 15.1. The Morgan fingerprint density at radius 3 is 2.45 bits per heavy atom. The number of hydrogen-bond donors (Lipinski definition) is 1. The van der Waals surface area contributed by atoms with Gasteiger partial charge in [0.2, 0.25) is 5.91 Å². The van der Waals surface area contributed by atoms with Crippen LogP contribution in [0.25, 0.3) is 0 Å². The molecule has 0 aliphatic carbocycles. The molecule has 0 aliphatic rings. The molecule has 1 unspecified atom stereocenters. The van der Waals surface area contributed by atoms with Crippen LogP contribution in [-0.2, 0) is 14.3 Å². The minimum atomic E-state index is -0.250. The summed E-state index contributed by atoms with van der Waals surface area (Å²) in [7, 11) is 1.37. The SMILES string of the molecule is COC(=O)CC(C)SCC(=O)Nc1c(C)cccc1C. The van der Waals surface area contributed by atoms with Crippen LogP contribution < -0.4 is 5.32 Å². The molecule has 5 heteroatoms. The maximum absolute atomic E-state index is 11.9. The molecular formula is C15H21NO3S. The van der Waals surface area contributed by atoms with E-state index in [9.17, 15) is 9.59 Å². The first-order valence-electron chi connectivity index (χ1n) is 6.48. The standard InChI is InChI=1S/C15H21NO3S/c1-10-6-5-7-11(2)15(10)16-13(17)9-20-12(3)8-14(18)19-4/h5-7,12H,8-9H2,1-4H3,(H,16,17). The molecule has 1 aromatic rings. The highest BCUT2D eigenvalue weighted by Gasteiger charge is 2.13. The highest BCUT2D eigenvalue weighted by atomic mass is 32.2. The summed E-state index contributed by atoms with van der Waals surface area (Å²) in [6.07, 6.45) is 0.317. The van der Waals surface area contributed by atoms with Gasteiger partial charge in [-0.05, 0) is 25.0 Å². The van der Waals surface area contributed by atoms with Crippen LogP contribution in [0.1, 0.15) is 24.5 Å². The number of benzene rings is 1. The number of rotatable bonds is 6. The Kier molecular flexibility index (Phi) is 6.58. The molecule has 1 N–H and O–H groups in total. The Morgan fingerprint density at radius 2 is 1.90 bits per heavy atom. The number of nitrogens with one attached hydrogen (secondary N) is 1. The Balaban J connectivity index is 2.46. The topological polar surface area (TPSA) is 55.4 Å². The van der Waals surface area contributed by atoms with E-state index in [0.29, 0.717) is 12.2 Å². The smallest absolute Gasteiger partial charge is 0.306 e. The second-order valence-electron chi connectivity index (χ2n) is 4.72. The molecule has 0 aliphatic heterocycles. The fourth-order valence-electron chi connectivity index (χ4n) is 1.78. The Labute approximate surface area is 124 Å². The molecule has 0 saturated heterocycles. The fraction of sp³-hybridized carbons (Fsp3) is 0.467. The lowest BCUT2D eigenvalue weighted by atomic mass is 10.1. The molecule has 0 aromatic heterocycles. The monoisotopic (exact) mass is 295 g/mol. The molecule has 1 rings (SSSR count). The number of hydrogen-bond acceptors (Lipinski definition) is 4. The molecule has 4 nitrogen and oxygen atoms in total. The van der Waals surface area contributed by atoms with Gasteiger partial charge in [0.1, 0.15) is 0 Å². The van der Waals surface area contributed by atoms with E-state index in [1.165, 1.54) is 18.9 Å². The van der Waals surface area contributed by atoms with Crippen LogP contribution in [0, 0.1) is 13.8 Å². The summed E-state index contributed by atoms with van der Waals surface area (Å²) in [5.41, 5.74) is 2.97. The number of methoxy groups -OCH3 is 1. The Hall–Kier alpha value is -1.49. The van der Waals surface area contributed by atoms with Gasteiger partial charge in [0.25, 0.3) is 0 Å². The van der Waals surface area contributed by atoms with Crippen molar-refractivity contribution in [3.05, 3.63) is 29.3 Å². The maximum atomic E-state index is 11.9. The number of esters is 1. The van der Waals surface area contributed by atoms with E-state index < -0.39 is 0 Å². The molecule has 1 aromatic carbocycles. The molecule has 0 spiro atoms. The number of para-hydroxylation sites is 1. The van der Waals surface area contributed by atoms with E-state index >= 15 is 0 Å². The maximum Gasteiger partial charge on any atom is 0.306 e. The van der Waals surface area contributed by atoms with Gasteiger partial charge in [-0.15, -0.1) is 11.8 Å².